The molecule has 0 fully saturated rings. The number of rotatable bonds is 7. The highest BCUT2D eigenvalue weighted by atomic mass is 16.2. The number of aryl methyl sites for hydroxylation is 1. The van der Waals surface area contributed by atoms with E-state index in [9.17, 15) is 4.79 Å². The lowest BCUT2D eigenvalue weighted by Gasteiger charge is -2.19. The predicted octanol–water partition coefficient (Wildman–Crippen LogP) is 2.48. The highest BCUT2D eigenvalue weighted by molar-refractivity contribution is 5.92. The fourth-order valence-corrected chi connectivity index (χ4v) is 2.50. The zero-order chi connectivity index (χ0) is 16.8. The van der Waals surface area contributed by atoms with Gasteiger partial charge in [-0.2, -0.15) is 5.10 Å². The Kier molecular flexibility index (Phi) is 5.79. The Hall–Kier alpha value is -2.30. The van der Waals surface area contributed by atoms with Gasteiger partial charge in [0.2, 0.25) is 0 Å². The van der Waals surface area contributed by atoms with Crippen LogP contribution in [0, 0.1) is 5.92 Å². The van der Waals surface area contributed by atoms with E-state index in [1.54, 1.807) is 4.68 Å². The maximum absolute atomic E-state index is 12.3. The van der Waals surface area contributed by atoms with Gasteiger partial charge in [-0.05, 0) is 30.5 Å². The summed E-state index contributed by atoms with van der Waals surface area (Å²) in [4.78, 5) is 14.4. The zero-order valence-electron chi connectivity index (χ0n) is 14.4. The van der Waals surface area contributed by atoms with Gasteiger partial charge in [-0.15, -0.1) is 0 Å². The number of amides is 1. The Morgan fingerprint density at radius 2 is 2.00 bits per heavy atom. The monoisotopic (exact) mass is 314 g/mol. The van der Waals surface area contributed by atoms with Gasteiger partial charge in [0, 0.05) is 32.9 Å². The number of aromatic nitrogens is 2. The molecule has 0 saturated carbocycles. The molecule has 0 atom stereocenters. The van der Waals surface area contributed by atoms with Gasteiger partial charge in [0.1, 0.15) is 5.69 Å². The maximum atomic E-state index is 12.3. The largest absolute Gasteiger partial charge is 0.373 e. The normalized spacial score (nSPS) is 10.8. The van der Waals surface area contributed by atoms with E-state index in [-0.39, 0.29) is 5.91 Å². The van der Waals surface area contributed by atoms with E-state index >= 15 is 0 Å². The van der Waals surface area contributed by atoms with Crippen LogP contribution in [0.2, 0.25) is 0 Å². The Bertz CT molecular complexity index is 634. The average molecular weight is 314 g/mol. The number of benzene rings is 1. The molecular weight excluding hydrogens is 288 g/mol. The van der Waals surface area contributed by atoms with Crippen molar-refractivity contribution in [1.82, 2.24) is 15.1 Å². The fourth-order valence-electron chi connectivity index (χ4n) is 2.50. The van der Waals surface area contributed by atoms with Crippen LogP contribution >= 0.6 is 0 Å². The summed E-state index contributed by atoms with van der Waals surface area (Å²) in [5.41, 5.74) is 2.72. The summed E-state index contributed by atoms with van der Waals surface area (Å²) in [6, 6.07) is 12.0. The summed E-state index contributed by atoms with van der Waals surface area (Å²) in [5, 5.41) is 7.37. The van der Waals surface area contributed by atoms with E-state index in [0.717, 1.165) is 24.3 Å². The summed E-state index contributed by atoms with van der Waals surface area (Å²) in [5.74, 6) is 0.455. The maximum Gasteiger partial charge on any atom is 0.269 e. The number of hydrogen-bond donors (Lipinski definition) is 1. The molecule has 2 aromatic rings. The van der Waals surface area contributed by atoms with E-state index in [4.69, 9.17) is 0 Å². The van der Waals surface area contributed by atoms with Crippen LogP contribution in [0.25, 0.3) is 0 Å². The van der Waals surface area contributed by atoms with Crippen molar-refractivity contribution in [2.45, 2.75) is 20.3 Å². The quantitative estimate of drug-likeness (QED) is 0.854. The van der Waals surface area contributed by atoms with Gasteiger partial charge in [-0.3, -0.25) is 9.48 Å². The van der Waals surface area contributed by atoms with Gasteiger partial charge in [-0.25, -0.2) is 0 Å². The highest BCUT2D eigenvalue weighted by Gasteiger charge is 2.13. The molecule has 0 spiro atoms. The van der Waals surface area contributed by atoms with Gasteiger partial charge in [-0.1, -0.05) is 32.0 Å². The van der Waals surface area contributed by atoms with Gasteiger partial charge < -0.3 is 10.2 Å². The molecule has 1 aromatic carbocycles. The van der Waals surface area contributed by atoms with Crippen molar-refractivity contribution in [2.75, 3.05) is 25.0 Å². The van der Waals surface area contributed by atoms with Crippen molar-refractivity contribution in [3.8, 4) is 0 Å². The molecule has 0 aliphatic heterocycles. The number of carbonyl (C=O) groups is 1. The second-order valence-corrected chi connectivity index (χ2v) is 6.26. The minimum absolute atomic E-state index is 0.0727. The number of anilines is 1. The number of likely N-dealkylation sites (N-methyl/N-ethyl adjacent to an activating group) is 1. The molecule has 5 heteroatoms. The topological polar surface area (TPSA) is 50.2 Å². The Balaban J connectivity index is 1.86. The summed E-state index contributed by atoms with van der Waals surface area (Å²) < 4.78 is 1.66. The van der Waals surface area contributed by atoms with Crippen molar-refractivity contribution < 1.29 is 4.79 Å². The summed E-state index contributed by atoms with van der Waals surface area (Å²) in [7, 11) is 3.83. The molecule has 124 valence electrons. The predicted molar refractivity (Wildman–Crippen MR) is 93.8 cm³/mol. The van der Waals surface area contributed by atoms with Gasteiger partial charge in [0.05, 0.1) is 5.69 Å². The van der Waals surface area contributed by atoms with Crippen molar-refractivity contribution in [2.24, 2.45) is 13.0 Å². The van der Waals surface area contributed by atoms with Crippen molar-refractivity contribution in [3.05, 3.63) is 47.8 Å². The van der Waals surface area contributed by atoms with Crippen molar-refractivity contribution >= 4 is 11.6 Å². The third-order valence-electron chi connectivity index (χ3n) is 3.71. The number of para-hydroxylation sites is 1. The molecule has 0 aliphatic carbocycles. The lowest BCUT2D eigenvalue weighted by molar-refractivity contribution is 0.0945. The summed E-state index contributed by atoms with van der Waals surface area (Å²) >= 11 is 0. The van der Waals surface area contributed by atoms with E-state index in [2.05, 4.69) is 41.3 Å². The van der Waals surface area contributed by atoms with Crippen LogP contribution in [-0.2, 0) is 13.5 Å². The molecule has 1 aromatic heterocycles. The minimum atomic E-state index is -0.0727. The molecule has 0 aliphatic rings. The molecule has 5 nitrogen and oxygen atoms in total. The second kappa shape index (κ2) is 7.81. The first kappa shape index (κ1) is 17.1. The zero-order valence-corrected chi connectivity index (χ0v) is 14.4. The van der Waals surface area contributed by atoms with Crippen molar-refractivity contribution in [3.63, 3.8) is 0 Å². The van der Waals surface area contributed by atoms with Crippen LogP contribution in [0.4, 0.5) is 5.69 Å². The highest BCUT2D eigenvalue weighted by Crippen LogP contribution is 2.10. The minimum Gasteiger partial charge on any atom is -0.373 e. The molecular formula is C18H26N4O. The van der Waals surface area contributed by atoms with Crippen LogP contribution in [0.5, 0.6) is 0 Å². The smallest absolute Gasteiger partial charge is 0.269 e. The van der Waals surface area contributed by atoms with E-state index in [1.165, 1.54) is 0 Å². The lowest BCUT2D eigenvalue weighted by atomic mass is 10.1. The third-order valence-corrected chi connectivity index (χ3v) is 3.71. The number of hydrogen-bond acceptors (Lipinski definition) is 3. The Morgan fingerprint density at radius 1 is 1.30 bits per heavy atom. The van der Waals surface area contributed by atoms with Crippen LogP contribution < -0.4 is 10.2 Å². The number of carbonyl (C=O) groups excluding carboxylic acids is 1. The summed E-state index contributed by atoms with van der Waals surface area (Å²) in [6.45, 7) is 5.64. The van der Waals surface area contributed by atoms with Gasteiger partial charge in [0.15, 0.2) is 0 Å². The molecule has 2 rings (SSSR count). The van der Waals surface area contributed by atoms with E-state index < -0.39 is 0 Å². The third kappa shape index (κ3) is 4.84. The molecule has 0 radical (unpaired) electrons. The molecule has 0 bridgehead atoms. The van der Waals surface area contributed by atoms with Crippen molar-refractivity contribution in [1.29, 1.82) is 0 Å². The number of nitrogens with one attached hydrogen (secondary N) is 1. The first-order valence-electron chi connectivity index (χ1n) is 8.04. The second-order valence-electron chi connectivity index (χ2n) is 6.26. The Labute approximate surface area is 138 Å². The Morgan fingerprint density at radius 3 is 2.65 bits per heavy atom. The average Bonchev–Trinajstić information content (AvgIpc) is 2.87. The van der Waals surface area contributed by atoms with E-state index in [1.807, 2.05) is 38.4 Å². The van der Waals surface area contributed by atoms with Crippen LogP contribution in [0.15, 0.2) is 36.4 Å². The first-order valence-corrected chi connectivity index (χ1v) is 8.04. The standard InChI is InChI=1S/C18H26N4O/c1-14(2)12-15-13-17(22(4)20-15)18(23)19-10-11-21(3)16-8-6-5-7-9-16/h5-9,13-14H,10-12H2,1-4H3,(H,19,23). The molecule has 0 saturated heterocycles. The SMILES string of the molecule is CC(C)Cc1cc(C(=O)NCCN(C)c2ccccc2)n(C)n1. The lowest BCUT2D eigenvalue weighted by Crippen LogP contribution is -2.33. The van der Waals surface area contributed by atoms with Crippen LogP contribution in [0.1, 0.15) is 30.0 Å². The number of nitrogens with zero attached hydrogens (tertiary/aromatic N) is 3. The molecule has 1 N–H and O–H groups in total. The van der Waals surface area contributed by atoms with E-state index in [0.29, 0.717) is 18.2 Å². The van der Waals surface area contributed by atoms with Crippen LogP contribution in [-0.4, -0.2) is 35.8 Å². The van der Waals surface area contributed by atoms with Gasteiger partial charge in [0.25, 0.3) is 5.91 Å². The molecule has 1 heterocycles. The molecule has 23 heavy (non-hydrogen) atoms. The molecule has 1 amide bonds. The fraction of sp³-hybridized carbons (Fsp3) is 0.444. The first-order chi connectivity index (χ1) is 11.0. The molecule has 0 unspecified atom stereocenters. The van der Waals surface area contributed by atoms with Crippen LogP contribution in [0.3, 0.4) is 0 Å². The summed E-state index contributed by atoms with van der Waals surface area (Å²) in [6.07, 6.45) is 0.887. The van der Waals surface area contributed by atoms with Gasteiger partial charge >= 0.3 is 0 Å².